The van der Waals surface area contributed by atoms with Crippen molar-refractivity contribution in [1.29, 1.82) is 0 Å². The summed E-state index contributed by atoms with van der Waals surface area (Å²) in [5.74, 6) is -0.681. The number of carbonyl (C=O) groups excluding carboxylic acids is 2. The van der Waals surface area contributed by atoms with Crippen LogP contribution in [0.1, 0.15) is 129 Å². The van der Waals surface area contributed by atoms with Crippen molar-refractivity contribution in [3.8, 4) is 0 Å². The van der Waals surface area contributed by atoms with Crippen LogP contribution < -0.4 is 0 Å². The Morgan fingerprint density at radius 1 is 0.480 bits per heavy atom. The Balaban J connectivity index is 3.30. The van der Waals surface area contributed by atoms with Gasteiger partial charge in [-0.2, -0.15) is 0 Å². The van der Waals surface area contributed by atoms with Crippen molar-refractivity contribution in [3.63, 3.8) is 0 Å². The van der Waals surface area contributed by atoms with Crippen molar-refractivity contribution in [2.45, 2.75) is 129 Å². The van der Waals surface area contributed by atoms with Crippen LogP contribution in [0.4, 0.5) is 0 Å². The second-order valence-corrected chi connectivity index (χ2v) is 7.30. The zero-order chi connectivity index (χ0) is 18.6. The van der Waals surface area contributed by atoms with Crippen molar-refractivity contribution in [1.82, 2.24) is 0 Å². The number of rotatable bonds is 18. The van der Waals surface area contributed by atoms with Crippen LogP contribution in [0.15, 0.2) is 0 Å². The van der Waals surface area contributed by atoms with E-state index in [1.165, 1.54) is 70.6 Å². The largest absolute Gasteiger partial charge is 0.393 e. The minimum absolute atomic E-state index is 0.338. The van der Waals surface area contributed by atoms with Crippen LogP contribution in [0.5, 0.6) is 0 Å². The highest BCUT2D eigenvalue weighted by atomic mass is 16.6. The molecule has 0 aliphatic heterocycles. The number of esters is 2. The smallest absolute Gasteiger partial charge is 0.313 e. The second kappa shape index (κ2) is 19.5. The number of carbonyl (C=O) groups is 2. The fraction of sp³-hybridized carbons (Fsp3) is 0.909. The van der Waals surface area contributed by atoms with Crippen molar-refractivity contribution >= 4 is 11.9 Å². The van der Waals surface area contributed by atoms with Gasteiger partial charge in [0.25, 0.3) is 0 Å². The minimum atomic E-state index is -0.343. The fourth-order valence-corrected chi connectivity index (χ4v) is 3.04. The van der Waals surface area contributed by atoms with Gasteiger partial charge in [-0.3, -0.25) is 9.59 Å². The van der Waals surface area contributed by atoms with E-state index in [1.54, 1.807) is 0 Å². The van der Waals surface area contributed by atoms with Crippen molar-refractivity contribution < 1.29 is 14.3 Å². The van der Waals surface area contributed by atoms with Gasteiger partial charge in [-0.15, -0.1) is 0 Å². The maximum Gasteiger partial charge on any atom is 0.313 e. The fourth-order valence-electron chi connectivity index (χ4n) is 3.04. The Morgan fingerprint density at radius 2 is 0.760 bits per heavy atom. The molecule has 3 heteroatoms. The number of hydrogen-bond donors (Lipinski definition) is 0. The minimum Gasteiger partial charge on any atom is -0.393 e. The molecule has 0 bridgehead atoms. The first-order valence-corrected chi connectivity index (χ1v) is 10.9. The summed E-state index contributed by atoms with van der Waals surface area (Å²) in [4.78, 5) is 23.2. The number of unbranched alkanes of at least 4 members (excludes halogenated alkanes) is 14. The molecule has 0 aromatic carbocycles. The van der Waals surface area contributed by atoms with Gasteiger partial charge in [-0.05, 0) is 12.8 Å². The third-order valence-corrected chi connectivity index (χ3v) is 4.70. The third kappa shape index (κ3) is 19.3. The van der Waals surface area contributed by atoms with E-state index in [2.05, 4.69) is 13.8 Å². The predicted octanol–water partition coefficient (Wildman–Crippen LogP) is 7.12. The molecular weight excluding hydrogens is 312 g/mol. The molecule has 25 heavy (non-hydrogen) atoms. The van der Waals surface area contributed by atoms with E-state index in [1.807, 2.05) is 0 Å². The van der Waals surface area contributed by atoms with E-state index in [0.717, 1.165) is 32.1 Å². The first kappa shape index (κ1) is 24.1. The van der Waals surface area contributed by atoms with Crippen LogP contribution in [0.25, 0.3) is 0 Å². The predicted molar refractivity (Wildman–Crippen MR) is 106 cm³/mol. The van der Waals surface area contributed by atoms with Crippen molar-refractivity contribution in [3.05, 3.63) is 0 Å². The average Bonchev–Trinajstić information content (AvgIpc) is 2.59. The summed E-state index contributed by atoms with van der Waals surface area (Å²) in [6.45, 7) is 4.42. The molecule has 0 fully saturated rings. The van der Waals surface area contributed by atoms with E-state index >= 15 is 0 Å². The molecule has 0 amide bonds. The first-order chi connectivity index (χ1) is 12.2. The molecule has 0 atom stereocenters. The standard InChI is InChI=1S/C22H42O3/c1-3-5-7-9-10-11-12-13-14-16-18-20-22(24)25-21(23)19-17-15-8-6-4-2/h3-20H2,1-2H3. The van der Waals surface area contributed by atoms with Gasteiger partial charge in [0.05, 0.1) is 0 Å². The molecule has 0 aromatic rings. The lowest BCUT2D eigenvalue weighted by Gasteiger charge is -2.04. The molecule has 0 saturated heterocycles. The molecule has 0 aliphatic rings. The van der Waals surface area contributed by atoms with Gasteiger partial charge >= 0.3 is 11.9 Å². The summed E-state index contributed by atoms with van der Waals surface area (Å²) in [5.41, 5.74) is 0. The van der Waals surface area contributed by atoms with Gasteiger partial charge in [0.2, 0.25) is 0 Å². The first-order valence-electron chi connectivity index (χ1n) is 10.9. The molecule has 0 aliphatic carbocycles. The third-order valence-electron chi connectivity index (χ3n) is 4.70. The Kier molecular flexibility index (Phi) is 18.8. The quantitative estimate of drug-likeness (QED) is 0.149. The monoisotopic (exact) mass is 354 g/mol. The summed E-state index contributed by atoms with van der Waals surface area (Å²) in [7, 11) is 0. The van der Waals surface area contributed by atoms with Gasteiger partial charge in [0.15, 0.2) is 0 Å². The number of ether oxygens (including phenoxy) is 1. The Hall–Kier alpha value is -0.860. The molecular formula is C22H42O3. The van der Waals surface area contributed by atoms with E-state index in [-0.39, 0.29) is 11.9 Å². The second-order valence-electron chi connectivity index (χ2n) is 7.30. The lowest BCUT2D eigenvalue weighted by Crippen LogP contribution is -2.11. The lowest BCUT2D eigenvalue weighted by atomic mass is 10.1. The summed E-state index contributed by atoms with van der Waals surface area (Å²) < 4.78 is 4.87. The molecule has 0 heterocycles. The highest BCUT2D eigenvalue weighted by Crippen LogP contribution is 2.12. The number of hydrogen-bond acceptors (Lipinski definition) is 3. The zero-order valence-corrected chi connectivity index (χ0v) is 17.0. The molecule has 148 valence electrons. The normalized spacial score (nSPS) is 10.8. The topological polar surface area (TPSA) is 43.4 Å². The van der Waals surface area contributed by atoms with Crippen LogP contribution in [-0.2, 0) is 14.3 Å². The van der Waals surface area contributed by atoms with Gasteiger partial charge in [-0.25, -0.2) is 0 Å². The Labute approximate surface area is 156 Å². The SMILES string of the molecule is CCCCCCCCCCCCCC(=O)OC(=O)CCCCCCC. The molecule has 0 unspecified atom stereocenters. The molecule has 0 rings (SSSR count). The molecule has 0 aromatic heterocycles. The van der Waals surface area contributed by atoms with Gasteiger partial charge in [-0.1, -0.05) is 104 Å². The van der Waals surface area contributed by atoms with Gasteiger partial charge in [0.1, 0.15) is 0 Å². The van der Waals surface area contributed by atoms with E-state index in [4.69, 9.17) is 4.74 Å². The molecule has 0 radical (unpaired) electrons. The maximum atomic E-state index is 11.6. The van der Waals surface area contributed by atoms with Crippen LogP contribution in [-0.4, -0.2) is 11.9 Å². The molecule has 3 nitrogen and oxygen atoms in total. The van der Waals surface area contributed by atoms with Crippen LogP contribution in [0, 0.1) is 0 Å². The van der Waals surface area contributed by atoms with Crippen LogP contribution in [0.2, 0.25) is 0 Å². The maximum absolute atomic E-state index is 11.6. The zero-order valence-electron chi connectivity index (χ0n) is 17.0. The van der Waals surface area contributed by atoms with Crippen LogP contribution >= 0.6 is 0 Å². The summed E-state index contributed by atoms with van der Waals surface area (Å²) in [6.07, 6.45) is 20.1. The molecule has 0 saturated carbocycles. The van der Waals surface area contributed by atoms with E-state index in [0.29, 0.717) is 12.8 Å². The van der Waals surface area contributed by atoms with E-state index in [9.17, 15) is 9.59 Å². The molecule has 0 N–H and O–H groups in total. The van der Waals surface area contributed by atoms with Crippen LogP contribution in [0.3, 0.4) is 0 Å². The summed E-state index contributed by atoms with van der Waals surface area (Å²) in [6, 6.07) is 0. The van der Waals surface area contributed by atoms with Crippen molar-refractivity contribution in [2.24, 2.45) is 0 Å². The average molecular weight is 355 g/mol. The van der Waals surface area contributed by atoms with Gasteiger partial charge in [0, 0.05) is 12.8 Å². The Bertz CT molecular complexity index is 312. The lowest BCUT2D eigenvalue weighted by molar-refractivity contribution is -0.159. The van der Waals surface area contributed by atoms with E-state index < -0.39 is 0 Å². The van der Waals surface area contributed by atoms with Crippen molar-refractivity contribution in [2.75, 3.05) is 0 Å². The van der Waals surface area contributed by atoms with Gasteiger partial charge < -0.3 is 4.74 Å². The molecule has 0 spiro atoms. The summed E-state index contributed by atoms with van der Waals surface area (Å²) >= 11 is 0. The Morgan fingerprint density at radius 3 is 1.08 bits per heavy atom. The summed E-state index contributed by atoms with van der Waals surface area (Å²) in [5, 5.41) is 0. The highest BCUT2D eigenvalue weighted by molar-refractivity contribution is 5.85. The highest BCUT2D eigenvalue weighted by Gasteiger charge is 2.09.